The lowest BCUT2D eigenvalue weighted by Crippen LogP contribution is -1.99. The molecule has 0 radical (unpaired) electrons. The summed E-state index contributed by atoms with van der Waals surface area (Å²) in [6, 6.07) is 52.6. The Hall–Kier alpha value is -6.43. The van der Waals surface area contributed by atoms with Crippen LogP contribution in [0, 0.1) is 0 Å². The third-order valence-electron chi connectivity index (χ3n) is 8.76. The summed E-state index contributed by atoms with van der Waals surface area (Å²) in [5.41, 5.74) is 12.2. The van der Waals surface area contributed by atoms with Crippen LogP contribution in [0.1, 0.15) is 11.4 Å². The second kappa shape index (κ2) is 13.6. The number of rotatable bonds is 9. The number of aromatic nitrogens is 4. The van der Waals surface area contributed by atoms with Crippen LogP contribution in [0.3, 0.4) is 0 Å². The van der Waals surface area contributed by atoms with Gasteiger partial charge in [0, 0.05) is 22.4 Å². The molecule has 0 amide bonds. The van der Waals surface area contributed by atoms with E-state index >= 15 is 0 Å². The van der Waals surface area contributed by atoms with Gasteiger partial charge in [-0.05, 0) is 64.1 Å². The van der Waals surface area contributed by atoms with E-state index in [-0.39, 0.29) is 0 Å². The molecule has 5 heteroatoms. The maximum Gasteiger partial charge on any atom is 0.170 e. The molecule has 0 atom stereocenters. The summed E-state index contributed by atoms with van der Waals surface area (Å²) in [6.07, 6.45) is 3.61. The first kappa shape index (κ1) is 30.9. The number of thiophene rings is 1. The summed E-state index contributed by atoms with van der Waals surface area (Å²) >= 11 is 1.65. The van der Waals surface area contributed by atoms with Crippen molar-refractivity contribution in [1.82, 2.24) is 19.5 Å². The van der Waals surface area contributed by atoms with Crippen molar-refractivity contribution in [2.75, 3.05) is 0 Å². The third-order valence-corrected chi connectivity index (χ3v) is 9.62. The molecule has 3 heterocycles. The van der Waals surface area contributed by atoms with Crippen molar-refractivity contribution in [2.45, 2.75) is 0 Å². The maximum absolute atomic E-state index is 5.02. The van der Waals surface area contributed by atoms with Gasteiger partial charge in [-0.2, -0.15) is 0 Å². The molecule has 0 aliphatic heterocycles. The summed E-state index contributed by atoms with van der Waals surface area (Å²) in [7, 11) is 0. The first-order valence-corrected chi connectivity index (χ1v) is 17.3. The van der Waals surface area contributed by atoms with E-state index in [2.05, 4.69) is 144 Å². The minimum absolute atomic E-state index is 0.729. The number of hydrogen-bond donors (Lipinski definition) is 0. The van der Waals surface area contributed by atoms with Crippen molar-refractivity contribution >= 4 is 23.5 Å². The fourth-order valence-corrected chi connectivity index (χ4v) is 6.85. The molecule has 4 nitrogen and oxygen atoms in total. The first-order valence-electron chi connectivity index (χ1n) is 16.4. The van der Waals surface area contributed by atoms with Crippen molar-refractivity contribution in [2.24, 2.45) is 0 Å². The smallest absolute Gasteiger partial charge is 0.170 e. The first-order chi connectivity index (χ1) is 24.7. The fourth-order valence-electron chi connectivity index (χ4n) is 6.20. The molecule has 0 spiro atoms. The zero-order valence-electron chi connectivity index (χ0n) is 27.3. The lowest BCUT2D eigenvalue weighted by atomic mass is 10.00. The summed E-state index contributed by atoms with van der Waals surface area (Å²) in [5.74, 6) is 1.58. The van der Waals surface area contributed by atoms with E-state index in [9.17, 15) is 0 Å². The molecule has 0 aliphatic carbocycles. The van der Waals surface area contributed by atoms with Gasteiger partial charge in [-0.15, -0.1) is 11.3 Å². The van der Waals surface area contributed by atoms with Crippen molar-refractivity contribution in [3.63, 3.8) is 0 Å². The van der Waals surface area contributed by atoms with E-state index in [1.807, 2.05) is 36.4 Å². The number of nitrogens with zero attached hydrogens (tertiary/aromatic N) is 4. The fraction of sp³-hybridized carbons (Fsp3) is 0. The highest BCUT2D eigenvalue weighted by molar-refractivity contribution is 7.13. The molecule has 50 heavy (non-hydrogen) atoms. The highest BCUT2D eigenvalue weighted by atomic mass is 32.1. The molecule has 0 saturated heterocycles. The number of para-hydroxylation sites is 1. The van der Waals surface area contributed by atoms with Crippen LogP contribution < -0.4 is 0 Å². The molecule has 0 aliphatic rings. The van der Waals surface area contributed by atoms with Gasteiger partial charge in [-0.25, -0.2) is 15.0 Å². The Bertz CT molecular complexity index is 2410. The maximum atomic E-state index is 5.02. The van der Waals surface area contributed by atoms with E-state index < -0.39 is 0 Å². The SMILES string of the molecule is C=Cc1nc(-c2ccc(-c3ccc(-c4cc(-c5ccc(-c6ccccc6)cc5)nc(-c5cccs5)n4)cc3)cc2)n(-c2ccccc2)c1C=C. The van der Waals surface area contributed by atoms with Gasteiger partial charge in [0.15, 0.2) is 5.82 Å². The second-order valence-corrected chi connectivity index (χ2v) is 12.8. The molecule has 0 unspecified atom stereocenters. The topological polar surface area (TPSA) is 43.6 Å². The van der Waals surface area contributed by atoms with E-state index in [0.29, 0.717) is 0 Å². The molecule has 8 rings (SSSR count). The summed E-state index contributed by atoms with van der Waals surface area (Å²) in [5, 5.41) is 2.06. The standard InChI is InChI=1S/C45H32N4S/c1-3-39-42(4-2)49(38-14-9-6-10-15-38)45(48-39)37-27-21-34(22-28-37)33-19-25-36(26-20-33)41-30-40(46-44(47-41)43-16-11-29-50-43)35-23-17-32(18-24-35)31-12-7-5-8-13-31/h3-30H,1-2H2. The van der Waals surface area contributed by atoms with E-state index in [1.165, 1.54) is 11.1 Å². The quantitative estimate of drug-likeness (QED) is 0.155. The molecule has 0 bridgehead atoms. The Morgan fingerprint density at radius 2 is 0.980 bits per heavy atom. The molecular formula is C45H32N4S. The van der Waals surface area contributed by atoms with E-state index in [4.69, 9.17) is 15.0 Å². The molecule has 0 fully saturated rings. The Morgan fingerprint density at radius 3 is 1.48 bits per heavy atom. The molecule has 0 N–H and O–H groups in total. The van der Waals surface area contributed by atoms with Gasteiger partial charge in [-0.3, -0.25) is 4.57 Å². The second-order valence-electron chi connectivity index (χ2n) is 11.8. The predicted octanol–water partition coefficient (Wildman–Crippen LogP) is 12.0. The predicted molar refractivity (Wildman–Crippen MR) is 210 cm³/mol. The van der Waals surface area contributed by atoms with Crippen LogP contribution in [0.4, 0.5) is 0 Å². The van der Waals surface area contributed by atoms with Crippen molar-refractivity contribution < 1.29 is 0 Å². The summed E-state index contributed by atoms with van der Waals surface area (Å²) in [6.45, 7) is 8.03. The van der Waals surface area contributed by atoms with Gasteiger partial charge in [0.2, 0.25) is 0 Å². The highest BCUT2D eigenvalue weighted by Gasteiger charge is 2.17. The number of imidazole rings is 1. The van der Waals surface area contributed by atoms with E-state index in [1.54, 1.807) is 17.4 Å². The Balaban J connectivity index is 1.11. The van der Waals surface area contributed by atoms with Gasteiger partial charge >= 0.3 is 0 Å². The monoisotopic (exact) mass is 660 g/mol. The molecule has 8 aromatic rings. The lowest BCUT2D eigenvalue weighted by Gasteiger charge is -2.12. The minimum Gasteiger partial charge on any atom is -0.292 e. The van der Waals surface area contributed by atoms with Gasteiger partial charge in [-0.1, -0.05) is 141 Å². The van der Waals surface area contributed by atoms with Gasteiger partial charge in [0.25, 0.3) is 0 Å². The highest BCUT2D eigenvalue weighted by Crippen LogP contribution is 2.33. The van der Waals surface area contributed by atoms with E-state index in [0.717, 1.165) is 72.8 Å². The van der Waals surface area contributed by atoms with Gasteiger partial charge in [0.05, 0.1) is 27.7 Å². The Kier molecular flexibility index (Phi) is 8.39. The molecule has 5 aromatic carbocycles. The van der Waals surface area contributed by atoms with Crippen molar-refractivity contribution in [3.05, 3.63) is 182 Å². The van der Waals surface area contributed by atoms with Gasteiger partial charge in [0.1, 0.15) is 5.82 Å². The normalized spacial score (nSPS) is 11.0. The molecular weight excluding hydrogens is 629 g/mol. The third kappa shape index (κ3) is 6.02. The zero-order chi connectivity index (χ0) is 33.9. The summed E-state index contributed by atoms with van der Waals surface area (Å²) < 4.78 is 2.13. The largest absolute Gasteiger partial charge is 0.292 e. The van der Waals surface area contributed by atoms with Crippen LogP contribution >= 0.6 is 11.3 Å². The lowest BCUT2D eigenvalue weighted by molar-refractivity contribution is 1.05. The van der Waals surface area contributed by atoms with Crippen LogP contribution in [0.5, 0.6) is 0 Å². The van der Waals surface area contributed by atoms with Crippen LogP contribution in [0.2, 0.25) is 0 Å². The number of benzene rings is 5. The van der Waals surface area contributed by atoms with Crippen LogP contribution in [-0.2, 0) is 0 Å². The van der Waals surface area contributed by atoms with Crippen LogP contribution in [-0.4, -0.2) is 19.5 Å². The molecule has 238 valence electrons. The van der Waals surface area contributed by atoms with Gasteiger partial charge < -0.3 is 0 Å². The average molecular weight is 661 g/mol. The van der Waals surface area contributed by atoms with Crippen molar-refractivity contribution in [3.8, 4) is 72.5 Å². The Morgan fingerprint density at radius 1 is 0.480 bits per heavy atom. The number of hydrogen-bond acceptors (Lipinski definition) is 4. The van der Waals surface area contributed by atoms with Crippen LogP contribution in [0.15, 0.2) is 170 Å². The van der Waals surface area contributed by atoms with Crippen molar-refractivity contribution in [1.29, 1.82) is 0 Å². The summed E-state index contributed by atoms with van der Waals surface area (Å²) in [4.78, 5) is 16.0. The zero-order valence-corrected chi connectivity index (χ0v) is 28.1. The Labute approximate surface area is 296 Å². The average Bonchev–Trinajstić information content (AvgIpc) is 3.88. The molecule has 0 saturated carbocycles. The van der Waals surface area contributed by atoms with Crippen LogP contribution in [0.25, 0.3) is 84.7 Å². The molecule has 3 aromatic heterocycles. The minimum atomic E-state index is 0.729.